The second-order valence-corrected chi connectivity index (χ2v) is 7.41. The third-order valence-electron chi connectivity index (χ3n) is 5.16. The number of hydrogen-bond acceptors (Lipinski definition) is 5. The van der Waals surface area contributed by atoms with Gasteiger partial charge in [-0.2, -0.15) is 0 Å². The Bertz CT molecular complexity index is 1130. The van der Waals surface area contributed by atoms with Gasteiger partial charge in [-0.3, -0.25) is 0 Å². The Balaban J connectivity index is 2.74. The second-order valence-electron chi connectivity index (χ2n) is 7.41. The van der Waals surface area contributed by atoms with Crippen LogP contribution in [0.25, 0.3) is 0 Å². The van der Waals surface area contributed by atoms with E-state index in [0.717, 1.165) is 36.3 Å². The number of carbonyl (C=O) groups is 2. The normalized spacial score (nSPS) is 12.2. The number of carboxylic acid groups (broad SMARTS) is 1. The molecule has 0 bridgehead atoms. The van der Waals surface area contributed by atoms with Crippen LogP contribution < -0.4 is 5.32 Å². The quantitative estimate of drug-likeness (QED) is 0.291. The van der Waals surface area contributed by atoms with Crippen LogP contribution in [0.15, 0.2) is 42.5 Å². The van der Waals surface area contributed by atoms with E-state index in [4.69, 9.17) is 5.26 Å². The summed E-state index contributed by atoms with van der Waals surface area (Å²) in [7, 11) is 2.38. The maximum atomic E-state index is 13.5. The molecular formula is C23H22BF4N3O4. The summed E-state index contributed by atoms with van der Waals surface area (Å²) in [6.45, 7) is 1.87. The van der Waals surface area contributed by atoms with Crippen LogP contribution in [0.4, 0.5) is 17.6 Å². The predicted octanol–water partition coefficient (Wildman–Crippen LogP) is 4.34. The van der Waals surface area contributed by atoms with Gasteiger partial charge in [-0.1, -0.05) is 0 Å². The molecule has 0 aromatic heterocycles. The molecule has 35 heavy (non-hydrogen) atoms. The van der Waals surface area contributed by atoms with Crippen molar-refractivity contribution in [2.75, 3.05) is 7.05 Å². The van der Waals surface area contributed by atoms with Crippen LogP contribution in [0, 0.1) is 17.3 Å². The molecule has 0 aliphatic rings. The van der Waals surface area contributed by atoms with Gasteiger partial charge in [0.05, 0.1) is 0 Å². The number of unbranched alkanes of at least 4 members (excludes halogenated alkanes) is 1. The fraction of sp³-hybridized carbons (Fsp3) is 0.304. The summed E-state index contributed by atoms with van der Waals surface area (Å²) in [5.74, 6) is -3.03. The van der Waals surface area contributed by atoms with Crippen molar-refractivity contribution in [2.45, 2.75) is 38.4 Å². The van der Waals surface area contributed by atoms with Crippen molar-refractivity contribution in [3.05, 3.63) is 70.5 Å². The van der Waals surface area contributed by atoms with Crippen LogP contribution in [0.2, 0.25) is 0 Å². The van der Waals surface area contributed by atoms with Gasteiger partial charge in [0.25, 0.3) is 0 Å². The molecule has 1 unspecified atom stereocenters. The number of halogens is 4. The summed E-state index contributed by atoms with van der Waals surface area (Å²) in [5.41, 5.74) is -2.13. The SMILES string of the molecule is CCCCC(c1ccc(C(F)(F)F)c(C(=O)O)c1)N(C(=O)c1ccc(F)cc1)C(=BOC#N)NC. The molecule has 2 rings (SSSR count). The monoisotopic (exact) mass is 491 g/mol. The molecule has 184 valence electrons. The minimum absolute atomic E-state index is 0.0150. The predicted molar refractivity (Wildman–Crippen MR) is 120 cm³/mol. The number of carbonyl (C=O) groups excluding carboxylic acids is 1. The molecule has 7 nitrogen and oxygen atoms in total. The number of nitrogens with zero attached hydrogens (tertiary/aromatic N) is 2. The first-order valence-electron chi connectivity index (χ1n) is 10.5. The molecule has 2 N–H and O–H groups in total. The van der Waals surface area contributed by atoms with Crippen molar-refractivity contribution >= 4 is 24.7 Å². The number of rotatable bonds is 10. The molecule has 0 aliphatic carbocycles. The number of nitriles is 1. The maximum absolute atomic E-state index is 13.5. The summed E-state index contributed by atoms with van der Waals surface area (Å²) < 4.78 is 58.3. The molecule has 0 radical (unpaired) electrons. The van der Waals surface area contributed by atoms with Gasteiger partial charge in [-0.25, -0.2) is 0 Å². The number of hydrogen-bond donors (Lipinski definition) is 2. The van der Waals surface area contributed by atoms with E-state index in [9.17, 15) is 32.3 Å². The van der Waals surface area contributed by atoms with E-state index in [1.165, 1.54) is 25.4 Å². The first-order chi connectivity index (χ1) is 16.5. The third kappa shape index (κ3) is 6.82. The Morgan fingerprint density at radius 3 is 2.40 bits per heavy atom. The zero-order valence-corrected chi connectivity index (χ0v) is 18.9. The van der Waals surface area contributed by atoms with E-state index in [1.807, 2.05) is 6.92 Å². The van der Waals surface area contributed by atoms with Gasteiger partial charge in [0.2, 0.25) is 0 Å². The molecule has 12 heteroatoms. The summed E-state index contributed by atoms with van der Waals surface area (Å²) in [5, 5.41) is 21.0. The average Bonchev–Trinajstić information content (AvgIpc) is 2.82. The number of carboxylic acids is 1. The first kappa shape index (κ1) is 27.4. The van der Waals surface area contributed by atoms with Crippen LogP contribution in [0.1, 0.15) is 64.1 Å². The topological polar surface area (TPSA) is 103 Å². The van der Waals surface area contributed by atoms with Crippen molar-refractivity contribution in [3.63, 3.8) is 0 Å². The van der Waals surface area contributed by atoms with Crippen molar-refractivity contribution < 1.29 is 36.9 Å². The van der Waals surface area contributed by atoms with Crippen molar-refractivity contribution in [1.82, 2.24) is 10.2 Å². The third-order valence-corrected chi connectivity index (χ3v) is 5.16. The Labute approximate surface area is 199 Å². The Hall–Kier alpha value is -3.88. The fourth-order valence-corrected chi connectivity index (χ4v) is 3.50. The van der Waals surface area contributed by atoms with Crippen molar-refractivity contribution in [1.29, 1.82) is 5.26 Å². The van der Waals surface area contributed by atoms with Gasteiger partial charge in [0, 0.05) is 0 Å². The van der Waals surface area contributed by atoms with Gasteiger partial charge in [0.15, 0.2) is 0 Å². The van der Waals surface area contributed by atoms with Gasteiger partial charge < -0.3 is 0 Å². The van der Waals surface area contributed by atoms with Crippen LogP contribution in [0.5, 0.6) is 0 Å². The van der Waals surface area contributed by atoms with Crippen LogP contribution in [-0.2, 0) is 10.8 Å². The molecular weight excluding hydrogens is 469 g/mol. The number of nitrogens with one attached hydrogen (secondary N) is 1. The fourth-order valence-electron chi connectivity index (χ4n) is 3.50. The zero-order valence-electron chi connectivity index (χ0n) is 18.9. The minimum atomic E-state index is -4.90. The van der Waals surface area contributed by atoms with E-state index >= 15 is 0 Å². The van der Waals surface area contributed by atoms with Gasteiger partial charge in [-0.15, -0.1) is 0 Å². The van der Waals surface area contributed by atoms with Crippen LogP contribution in [0.3, 0.4) is 0 Å². The van der Waals surface area contributed by atoms with Crippen molar-refractivity contribution in [3.8, 4) is 6.26 Å². The summed E-state index contributed by atoms with van der Waals surface area (Å²) in [4.78, 5) is 26.3. The van der Waals surface area contributed by atoms with E-state index in [-0.39, 0.29) is 23.3 Å². The average molecular weight is 491 g/mol. The molecule has 0 fully saturated rings. The standard InChI is InChI=1S/C23H22BF4N3O4/c1-3-4-5-19(15-8-11-18(23(26,27)28)17(12-15)21(33)34)31(22(30-2)24-35-13-29)20(32)14-6-9-16(25)10-7-14/h6-12,19,30H,3-5H2,1-2H3,(H,33,34). The number of alkyl halides is 3. The molecule has 0 spiro atoms. The van der Waals surface area contributed by atoms with E-state index in [0.29, 0.717) is 18.9 Å². The zero-order chi connectivity index (χ0) is 26.2. The second kappa shape index (κ2) is 12.0. The van der Waals surface area contributed by atoms with Crippen LogP contribution in [-0.4, -0.2) is 41.8 Å². The van der Waals surface area contributed by atoms with E-state index in [2.05, 4.69) is 9.97 Å². The Morgan fingerprint density at radius 2 is 1.89 bits per heavy atom. The number of amides is 1. The summed E-state index contributed by atoms with van der Waals surface area (Å²) in [6, 6.07) is 6.31. The molecule has 0 heterocycles. The number of aromatic carboxylic acids is 1. The van der Waals surface area contributed by atoms with Gasteiger partial charge in [-0.05, 0) is 0 Å². The molecule has 2 aromatic carbocycles. The van der Waals surface area contributed by atoms with Gasteiger partial charge >= 0.3 is 199 Å². The first-order valence-corrected chi connectivity index (χ1v) is 10.5. The van der Waals surface area contributed by atoms with Crippen molar-refractivity contribution in [2.24, 2.45) is 0 Å². The summed E-state index contributed by atoms with van der Waals surface area (Å²) in [6.07, 6.45) is -2.04. The Kier molecular flexibility index (Phi) is 9.39. The van der Waals surface area contributed by atoms with E-state index in [1.54, 1.807) is 0 Å². The molecule has 1 atom stereocenters. The Morgan fingerprint density at radius 1 is 1.23 bits per heavy atom. The van der Waals surface area contributed by atoms with Gasteiger partial charge in [0.1, 0.15) is 0 Å². The molecule has 0 saturated carbocycles. The van der Waals surface area contributed by atoms with Crippen LogP contribution >= 0.6 is 0 Å². The molecule has 1 amide bonds. The van der Waals surface area contributed by atoms with E-state index < -0.39 is 41.0 Å². The number of benzene rings is 2. The molecule has 0 aliphatic heterocycles. The summed E-state index contributed by atoms with van der Waals surface area (Å²) >= 11 is 0. The molecule has 0 saturated heterocycles. The molecule has 2 aromatic rings.